The second kappa shape index (κ2) is 7.41. The van der Waals surface area contributed by atoms with E-state index in [4.69, 9.17) is 4.98 Å². The van der Waals surface area contributed by atoms with Crippen LogP contribution in [0.2, 0.25) is 0 Å². The molecule has 5 aromatic rings. The minimum Gasteiger partial charge on any atom is -0.360 e. The fourth-order valence-corrected chi connectivity index (χ4v) is 5.53. The Labute approximate surface area is 182 Å². The number of thiazole rings is 1. The standard InChI is InChI=1S/C23H19N5S2/c1-2-6-15(7-3-1)22-25-16(13-29-22)14-30-23-27-26-21(28(23)17-10-11-17)19-12-24-20-9-5-4-8-18(19)20/h1-9,12-13,17,24H,10-11,14H2. The minimum atomic E-state index is 0.501. The third-order valence-corrected chi connectivity index (χ3v) is 7.25. The van der Waals surface area contributed by atoms with Crippen LogP contribution in [-0.2, 0) is 5.75 Å². The largest absolute Gasteiger partial charge is 0.360 e. The summed E-state index contributed by atoms with van der Waals surface area (Å²) in [4.78, 5) is 8.18. The zero-order chi connectivity index (χ0) is 19.9. The molecule has 0 bridgehead atoms. The lowest BCUT2D eigenvalue weighted by Crippen LogP contribution is -1.99. The van der Waals surface area contributed by atoms with Gasteiger partial charge < -0.3 is 4.98 Å². The zero-order valence-corrected chi connectivity index (χ0v) is 17.8. The summed E-state index contributed by atoms with van der Waals surface area (Å²) in [5.74, 6) is 1.75. The van der Waals surface area contributed by atoms with Gasteiger partial charge in [-0.15, -0.1) is 21.5 Å². The molecular weight excluding hydrogens is 410 g/mol. The van der Waals surface area contributed by atoms with Crippen molar-refractivity contribution in [2.45, 2.75) is 29.8 Å². The van der Waals surface area contributed by atoms with Crippen LogP contribution < -0.4 is 0 Å². The number of aromatic nitrogens is 5. The molecule has 0 spiro atoms. The van der Waals surface area contributed by atoms with Crippen LogP contribution in [0.5, 0.6) is 0 Å². The highest BCUT2D eigenvalue weighted by atomic mass is 32.2. The van der Waals surface area contributed by atoms with Crippen LogP contribution in [0.3, 0.4) is 0 Å². The van der Waals surface area contributed by atoms with E-state index in [9.17, 15) is 0 Å². The first-order valence-electron chi connectivity index (χ1n) is 10.0. The molecule has 1 fully saturated rings. The molecule has 5 nitrogen and oxygen atoms in total. The van der Waals surface area contributed by atoms with Gasteiger partial charge >= 0.3 is 0 Å². The van der Waals surface area contributed by atoms with Crippen molar-refractivity contribution in [1.29, 1.82) is 0 Å². The third-order valence-electron chi connectivity index (χ3n) is 5.33. The number of hydrogen-bond acceptors (Lipinski definition) is 5. The number of para-hydroxylation sites is 1. The first-order chi connectivity index (χ1) is 14.9. The van der Waals surface area contributed by atoms with Gasteiger partial charge in [-0.3, -0.25) is 4.57 Å². The van der Waals surface area contributed by atoms with Crippen LogP contribution in [-0.4, -0.2) is 24.7 Å². The number of H-pyrrole nitrogens is 1. The molecule has 0 saturated heterocycles. The number of thioether (sulfide) groups is 1. The molecule has 1 saturated carbocycles. The lowest BCUT2D eigenvalue weighted by atomic mass is 10.1. The molecule has 6 rings (SSSR count). The van der Waals surface area contributed by atoms with Gasteiger partial charge in [0.1, 0.15) is 5.01 Å². The summed E-state index contributed by atoms with van der Waals surface area (Å²) in [5, 5.41) is 14.5. The monoisotopic (exact) mass is 429 g/mol. The van der Waals surface area contributed by atoms with Gasteiger partial charge in [0, 0.05) is 45.4 Å². The normalized spacial score (nSPS) is 13.9. The van der Waals surface area contributed by atoms with E-state index in [1.165, 1.54) is 23.8 Å². The maximum atomic E-state index is 4.82. The summed E-state index contributed by atoms with van der Waals surface area (Å²) in [5.41, 5.74) is 4.50. The topological polar surface area (TPSA) is 59.4 Å². The van der Waals surface area contributed by atoms with Crippen LogP contribution in [0.4, 0.5) is 0 Å². The van der Waals surface area contributed by atoms with Crippen molar-refractivity contribution < 1.29 is 0 Å². The van der Waals surface area contributed by atoms with E-state index in [1.54, 1.807) is 23.1 Å². The first kappa shape index (κ1) is 17.9. The Bertz CT molecular complexity index is 1310. The molecule has 0 unspecified atom stereocenters. The molecule has 1 N–H and O–H groups in total. The van der Waals surface area contributed by atoms with E-state index < -0.39 is 0 Å². The minimum absolute atomic E-state index is 0.501. The average molecular weight is 430 g/mol. The molecule has 0 atom stereocenters. The zero-order valence-electron chi connectivity index (χ0n) is 16.2. The van der Waals surface area contributed by atoms with E-state index in [1.807, 2.05) is 12.1 Å². The summed E-state index contributed by atoms with van der Waals surface area (Å²) in [6.45, 7) is 0. The molecule has 2 aromatic carbocycles. The molecule has 3 heterocycles. The Morgan fingerprint density at radius 2 is 1.87 bits per heavy atom. The van der Waals surface area contributed by atoms with Crippen molar-refractivity contribution in [3.63, 3.8) is 0 Å². The highest BCUT2D eigenvalue weighted by Gasteiger charge is 2.31. The number of benzene rings is 2. The van der Waals surface area contributed by atoms with Gasteiger partial charge in [0.25, 0.3) is 0 Å². The Balaban J connectivity index is 1.28. The van der Waals surface area contributed by atoms with Crippen LogP contribution >= 0.6 is 23.1 Å². The van der Waals surface area contributed by atoms with Gasteiger partial charge in [0.05, 0.1) is 5.69 Å². The number of aromatic amines is 1. The van der Waals surface area contributed by atoms with Crippen molar-refractivity contribution in [2.24, 2.45) is 0 Å². The van der Waals surface area contributed by atoms with Crippen molar-refractivity contribution >= 4 is 34.0 Å². The summed E-state index contributed by atoms with van der Waals surface area (Å²) >= 11 is 3.42. The summed E-state index contributed by atoms with van der Waals surface area (Å²) < 4.78 is 2.32. The van der Waals surface area contributed by atoms with Crippen molar-refractivity contribution in [3.05, 3.63) is 71.9 Å². The van der Waals surface area contributed by atoms with E-state index in [0.29, 0.717) is 6.04 Å². The maximum absolute atomic E-state index is 4.82. The number of fused-ring (bicyclic) bond motifs is 1. The fourth-order valence-electron chi connectivity index (χ4n) is 3.70. The summed E-state index contributed by atoms with van der Waals surface area (Å²) in [7, 11) is 0. The van der Waals surface area contributed by atoms with Gasteiger partial charge in [-0.25, -0.2) is 4.98 Å². The molecule has 0 amide bonds. The fraction of sp³-hybridized carbons (Fsp3) is 0.174. The van der Waals surface area contributed by atoms with Gasteiger partial charge in [0.2, 0.25) is 0 Å². The highest BCUT2D eigenvalue weighted by molar-refractivity contribution is 7.98. The summed E-state index contributed by atoms with van der Waals surface area (Å²) in [6, 6.07) is 19.2. The van der Waals surface area contributed by atoms with Crippen LogP contribution in [0, 0.1) is 0 Å². The lowest BCUT2D eigenvalue weighted by Gasteiger charge is -2.07. The van der Waals surface area contributed by atoms with Crippen molar-refractivity contribution in [2.75, 3.05) is 0 Å². The van der Waals surface area contributed by atoms with Crippen LogP contribution in [0.15, 0.2) is 71.3 Å². The third kappa shape index (κ3) is 3.24. The molecule has 1 aliphatic rings. The average Bonchev–Trinajstić information content (AvgIpc) is 3.19. The SMILES string of the molecule is c1ccc(-c2nc(CSc3nnc(-c4c[nH]c5ccccc45)n3C3CC3)cs2)cc1. The molecule has 30 heavy (non-hydrogen) atoms. The Morgan fingerprint density at radius 1 is 1.03 bits per heavy atom. The molecule has 3 aromatic heterocycles. The van der Waals surface area contributed by atoms with E-state index in [0.717, 1.165) is 38.5 Å². The quantitative estimate of drug-likeness (QED) is 0.328. The van der Waals surface area contributed by atoms with Gasteiger partial charge in [0.15, 0.2) is 11.0 Å². The molecule has 0 radical (unpaired) electrons. The predicted molar refractivity (Wildman–Crippen MR) is 123 cm³/mol. The molecule has 148 valence electrons. The number of nitrogens with one attached hydrogen (secondary N) is 1. The highest BCUT2D eigenvalue weighted by Crippen LogP contribution is 2.42. The van der Waals surface area contributed by atoms with E-state index in [2.05, 4.69) is 73.8 Å². The van der Waals surface area contributed by atoms with E-state index >= 15 is 0 Å². The number of nitrogens with zero attached hydrogens (tertiary/aromatic N) is 4. The predicted octanol–water partition coefficient (Wildman–Crippen LogP) is 6.18. The second-order valence-electron chi connectivity index (χ2n) is 7.45. The number of rotatable bonds is 6. The van der Waals surface area contributed by atoms with Crippen LogP contribution in [0.1, 0.15) is 24.6 Å². The first-order valence-corrected chi connectivity index (χ1v) is 11.9. The molecule has 1 aliphatic carbocycles. The lowest BCUT2D eigenvalue weighted by molar-refractivity contribution is 0.669. The Kier molecular flexibility index (Phi) is 4.43. The molecular formula is C23H19N5S2. The van der Waals surface area contributed by atoms with E-state index in [-0.39, 0.29) is 0 Å². The van der Waals surface area contributed by atoms with Crippen molar-refractivity contribution in [3.8, 4) is 22.0 Å². The smallest absolute Gasteiger partial charge is 0.192 e. The van der Waals surface area contributed by atoms with Gasteiger partial charge in [-0.05, 0) is 18.9 Å². The van der Waals surface area contributed by atoms with Crippen LogP contribution in [0.25, 0.3) is 32.9 Å². The van der Waals surface area contributed by atoms with Gasteiger partial charge in [-0.2, -0.15) is 0 Å². The maximum Gasteiger partial charge on any atom is 0.192 e. The van der Waals surface area contributed by atoms with Gasteiger partial charge in [-0.1, -0.05) is 60.3 Å². The van der Waals surface area contributed by atoms with Crippen molar-refractivity contribution in [1.82, 2.24) is 24.7 Å². The molecule has 0 aliphatic heterocycles. The number of hydrogen-bond donors (Lipinski definition) is 1. The second-order valence-corrected chi connectivity index (χ2v) is 9.25. The Hall–Kier alpha value is -2.90. The summed E-state index contributed by atoms with van der Waals surface area (Å²) in [6.07, 6.45) is 4.43. The Morgan fingerprint density at radius 3 is 2.73 bits per heavy atom. The molecule has 7 heteroatoms.